The van der Waals surface area contributed by atoms with E-state index in [1.165, 1.54) is 0 Å². The third kappa shape index (κ3) is 7.66. The second-order valence-corrected chi connectivity index (χ2v) is 17.8. The quantitative estimate of drug-likeness (QED) is 0.161. The summed E-state index contributed by atoms with van der Waals surface area (Å²) in [5.41, 5.74) is 0.404. The van der Waals surface area contributed by atoms with Crippen LogP contribution in [-0.2, 0) is 18.7 Å². The van der Waals surface area contributed by atoms with Crippen LogP contribution in [0.4, 0.5) is 4.39 Å². The number of carbonyl (C=O) groups is 1. The van der Waals surface area contributed by atoms with E-state index in [-0.39, 0.29) is 53.4 Å². The maximum Gasteiger partial charge on any atom is 0.192 e. The van der Waals surface area contributed by atoms with Gasteiger partial charge in [-0.25, -0.2) is 4.39 Å². The zero-order chi connectivity index (χ0) is 28.1. The van der Waals surface area contributed by atoms with Crippen LogP contribution in [0.5, 0.6) is 0 Å². The predicted octanol–water partition coefficient (Wildman–Crippen LogP) is 8.17. The molecule has 1 heterocycles. The van der Waals surface area contributed by atoms with Crippen molar-refractivity contribution in [2.45, 2.75) is 109 Å². The van der Waals surface area contributed by atoms with Gasteiger partial charge < -0.3 is 13.9 Å². The van der Waals surface area contributed by atoms with Crippen molar-refractivity contribution in [3.8, 4) is 11.8 Å². The smallest absolute Gasteiger partial charge is 0.192 e. The number of rotatable bonds is 9. The Bertz CT molecular complexity index is 1050. The third-order valence-electron chi connectivity index (χ3n) is 8.27. The Morgan fingerprint density at radius 2 is 2.03 bits per heavy atom. The van der Waals surface area contributed by atoms with Crippen molar-refractivity contribution < 1.29 is 23.1 Å². The molecule has 1 aromatic rings. The molecule has 4 nitrogen and oxygen atoms in total. The summed E-state index contributed by atoms with van der Waals surface area (Å²) < 4.78 is 34.7. The third-order valence-corrected chi connectivity index (χ3v) is 13.4. The van der Waals surface area contributed by atoms with Crippen LogP contribution in [0.3, 0.4) is 0 Å². The highest BCUT2D eigenvalue weighted by Crippen LogP contribution is 2.43. The largest absolute Gasteiger partial charge is 0.410 e. The van der Waals surface area contributed by atoms with Crippen molar-refractivity contribution >= 4 is 30.0 Å². The molecule has 1 aliphatic heterocycles. The van der Waals surface area contributed by atoms with E-state index in [0.29, 0.717) is 23.1 Å². The summed E-state index contributed by atoms with van der Waals surface area (Å²) in [5.74, 6) is 5.00. The lowest BCUT2D eigenvalue weighted by Gasteiger charge is -2.40. The number of hydrogen-bond donors (Lipinski definition) is 0. The molecule has 6 atom stereocenters. The van der Waals surface area contributed by atoms with Crippen LogP contribution in [0, 0.1) is 29.5 Å². The van der Waals surface area contributed by atoms with E-state index < -0.39 is 14.2 Å². The second-order valence-electron chi connectivity index (χ2n) is 12.2. The van der Waals surface area contributed by atoms with Crippen LogP contribution in [0.2, 0.25) is 18.1 Å². The highest BCUT2D eigenvalue weighted by atomic mass is 79.9. The molecule has 0 amide bonds. The van der Waals surface area contributed by atoms with E-state index in [4.69, 9.17) is 13.9 Å². The number of carbonyl (C=O) groups excluding carboxylic acids is 1. The first kappa shape index (κ1) is 31.2. The van der Waals surface area contributed by atoms with Crippen molar-refractivity contribution in [3.05, 3.63) is 46.2 Å². The van der Waals surface area contributed by atoms with E-state index >= 15 is 4.39 Å². The van der Waals surface area contributed by atoms with Gasteiger partial charge in [0.05, 0.1) is 22.6 Å². The Hall–Kier alpha value is -1.30. The molecular weight excluding hydrogens is 563 g/mol. The van der Waals surface area contributed by atoms with Gasteiger partial charge in [-0.2, -0.15) is 0 Å². The van der Waals surface area contributed by atoms with Crippen LogP contribution < -0.4 is 0 Å². The Balaban J connectivity index is 1.98. The first-order valence-corrected chi connectivity index (χ1v) is 17.5. The average molecular weight is 608 g/mol. The zero-order valence-electron chi connectivity index (χ0n) is 24.0. The molecule has 1 aromatic carbocycles. The van der Waals surface area contributed by atoms with Gasteiger partial charge in [-0.15, -0.1) is 11.8 Å². The molecule has 0 spiro atoms. The molecule has 0 radical (unpaired) electrons. The second kappa shape index (κ2) is 13.4. The van der Waals surface area contributed by atoms with E-state index in [0.717, 1.165) is 19.3 Å². The first-order valence-electron chi connectivity index (χ1n) is 13.8. The Morgan fingerprint density at radius 1 is 1.29 bits per heavy atom. The summed E-state index contributed by atoms with van der Waals surface area (Å²) in [4.78, 5) is 13.4. The van der Waals surface area contributed by atoms with Crippen LogP contribution in [0.25, 0.3) is 0 Å². The summed E-state index contributed by atoms with van der Waals surface area (Å²) in [6, 6.07) is 5.16. The van der Waals surface area contributed by atoms with Crippen LogP contribution in [-0.4, -0.2) is 39.2 Å². The maximum absolute atomic E-state index is 15.3. The molecule has 3 rings (SSSR count). The summed E-state index contributed by atoms with van der Waals surface area (Å²) >= 11 is 3.30. The Kier molecular flexibility index (Phi) is 11.0. The molecule has 0 aromatic heterocycles. The molecule has 210 valence electrons. The van der Waals surface area contributed by atoms with E-state index in [2.05, 4.69) is 80.7 Å². The minimum atomic E-state index is -2.09. The van der Waals surface area contributed by atoms with E-state index in [1.807, 2.05) is 6.92 Å². The van der Waals surface area contributed by atoms with Crippen LogP contribution in [0.1, 0.15) is 78.2 Å². The maximum atomic E-state index is 15.3. The van der Waals surface area contributed by atoms with Crippen molar-refractivity contribution in [2.24, 2.45) is 11.8 Å². The van der Waals surface area contributed by atoms with Crippen molar-refractivity contribution in [3.63, 3.8) is 0 Å². The molecule has 2 aliphatic rings. The van der Waals surface area contributed by atoms with Crippen LogP contribution >= 0.6 is 15.9 Å². The van der Waals surface area contributed by atoms with Gasteiger partial charge in [0.1, 0.15) is 11.6 Å². The fourth-order valence-corrected chi connectivity index (χ4v) is 6.62. The molecule has 0 bridgehead atoms. The van der Waals surface area contributed by atoms with Crippen LogP contribution in [0.15, 0.2) is 34.8 Å². The summed E-state index contributed by atoms with van der Waals surface area (Å²) in [6.07, 6.45) is 7.06. The molecule has 5 unspecified atom stereocenters. The molecular formula is C31H44BrFO4Si. The van der Waals surface area contributed by atoms with Gasteiger partial charge in [0.25, 0.3) is 0 Å². The molecule has 38 heavy (non-hydrogen) atoms. The molecule has 1 aliphatic carbocycles. The van der Waals surface area contributed by atoms with E-state index in [1.54, 1.807) is 18.2 Å². The van der Waals surface area contributed by atoms with Gasteiger partial charge in [-0.3, -0.25) is 4.79 Å². The molecule has 7 heteroatoms. The minimum absolute atomic E-state index is 0.00998. The van der Waals surface area contributed by atoms with Crippen molar-refractivity contribution in [1.82, 2.24) is 0 Å². The molecule has 1 saturated heterocycles. The summed E-state index contributed by atoms with van der Waals surface area (Å²) in [6.45, 7) is 15.8. The Morgan fingerprint density at radius 3 is 2.66 bits per heavy atom. The number of ketones is 1. The highest BCUT2D eigenvalue weighted by Gasteiger charge is 2.45. The molecule has 2 fully saturated rings. The average Bonchev–Trinajstić information content (AvgIpc) is 3.15. The minimum Gasteiger partial charge on any atom is -0.410 e. The monoisotopic (exact) mass is 606 g/mol. The van der Waals surface area contributed by atoms with E-state index in [9.17, 15) is 4.79 Å². The lowest BCUT2D eigenvalue weighted by Crippen LogP contribution is -2.45. The molecule has 1 saturated carbocycles. The van der Waals surface area contributed by atoms with Gasteiger partial charge in [0.15, 0.2) is 14.6 Å². The van der Waals surface area contributed by atoms with Gasteiger partial charge in [-0.05, 0) is 72.2 Å². The van der Waals surface area contributed by atoms with Gasteiger partial charge in [0.2, 0.25) is 0 Å². The van der Waals surface area contributed by atoms with Crippen molar-refractivity contribution in [2.75, 3.05) is 6.61 Å². The first-order chi connectivity index (χ1) is 17.9. The zero-order valence-corrected chi connectivity index (χ0v) is 26.6. The Labute approximate surface area is 238 Å². The fraction of sp³-hybridized carbons (Fsp3) is 0.645. The fourth-order valence-electron chi connectivity index (χ4n) is 4.90. The summed E-state index contributed by atoms with van der Waals surface area (Å²) in [7, 11) is -2.09. The molecule has 0 N–H and O–H groups in total. The number of halogens is 2. The van der Waals surface area contributed by atoms with Gasteiger partial charge in [-0.1, -0.05) is 52.0 Å². The summed E-state index contributed by atoms with van der Waals surface area (Å²) in [5, 5.41) is 0.0461. The highest BCUT2D eigenvalue weighted by molar-refractivity contribution is 9.10. The lowest BCUT2D eigenvalue weighted by molar-refractivity contribution is -0.191. The van der Waals surface area contributed by atoms with Crippen molar-refractivity contribution in [1.29, 1.82) is 0 Å². The van der Waals surface area contributed by atoms with Gasteiger partial charge >= 0.3 is 0 Å². The lowest BCUT2D eigenvalue weighted by atomic mass is 9.86. The number of Topliss-reactive ketones (excluding diaryl/α,β-unsaturated/α-hetero) is 1. The number of hydrogen-bond acceptors (Lipinski definition) is 4. The SMILES string of the molecule is CC#CCC(C)[C@@H](/C=C/C1C(OC2CCCCO2)CC(=O)C1c1cccc(Br)c1F)O[Si](C)(C)C(C)(C)C. The van der Waals surface area contributed by atoms with Gasteiger partial charge in [0, 0.05) is 30.9 Å². The standard InChI is InChI=1S/C31H44BrFO4Si/c1-8-9-13-21(2)26(37-38(6,7)31(3,4)5)18-17-22-27(36-28-16-10-11-19-35-28)20-25(34)29(22)23-14-12-15-24(32)30(23)33/h12,14-15,17-18,21-22,26-29H,10-11,13,16,19-20H2,1-7H3/b18-17+/t21?,22?,26-,27?,28?,29?/m1/s1. The predicted molar refractivity (Wildman–Crippen MR) is 157 cm³/mol. The topological polar surface area (TPSA) is 44.8 Å². The number of ether oxygens (including phenoxy) is 2. The number of benzene rings is 1. The normalized spacial score (nSPS) is 26.3.